The van der Waals surface area contributed by atoms with E-state index in [2.05, 4.69) is 31.8 Å². The van der Waals surface area contributed by atoms with Gasteiger partial charge >= 0.3 is 0 Å². The Labute approximate surface area is 103 Å². The third kappa shape index (κ3) is 1.38. The fourth-order valence-corrected chi connectivity index (χ4v) is 7.14. The molecule has 3 aliphatic rings. The molecule has 0 aromatic heterocycles. The van der Waals surface area contributed by atoms with Gasteiger partial charge in [0.25, 0.3) is 0 Å². The number of hydrogen-bond acceptors (Lipinski definition) is 2. The van der Waals surface area contributed by atoms with Crippen molar-refractivity contribution in [2.45, 2.75) is 25.2 Å². The zero-order chi connectivity index (χ0) is 12.4. The van der Waals surface area contributed by atoms with E-state index in [0.29, 0.717) is 17.4 Å². The van der Waals surface area contributed by atoms with Crippen LogP contribution in [0, 0.1) is 23.7 Å². The van der Waals surface area contributed by atoms with Gasteiger partial charge in [0.05, 0.1) is 0 Å². The molecule has 0 aliphatic heterocycles. The lowest BCUT2D eigenvalue weighted by Gasteiger charge is -2.29. The Morgan fingerprint density at radius 3 is 1.65 bits per heavy atom. The number of hydrogen-bond donors (Lipinski definition) is 0. The van der Waals surface area contributed by atoms with E-state index in [4.69, 9.17) is 0 Å². The first-order valence-electron chi connectivity index (χ1n) is 6.35. The number of rotatable bonds is 1. The summed E-state index contributed by atoms with van der Waals surface area (Å²) in [5, 5.41) is 0. The third-order valence-corrected chi connectivity index (χ3v) is 7.44. The fourth-order valence-electron chi connectivity index (χ4n) is 4.19. The summed E-state index contributed by atoms with van der Waals surface area (Å²) in [6.07, 6.45) is 7.41. The molecule has 1 fully saturated rings. The molecule has 0 amide bonds. The monoisotopic (exact) mass is 246 g/mol. The van der Waals surface area contributed by atoms with Crippen LogP contribution in [0.2, 0.25) is 25.2 Å². The van der Waals surface area contributed by atoms with Gasteiger partial charge in [-0.25, -0.2) is 0 Å². The standard InChI is InChI=1S/C14H18O2Si/c1-17(2,3)14-8-4-5-9(14)13-11(16)7-6-10(15)12(8)13/h4-9,12-14H,1-3H3/t8-,9+,12?,13?,14?. The number of allylic oxidation sites excluding steroid dienone is 4. The number of carbonyl (C=O) groups is 2. The van der Waals surface area contributed by atoms with Crippen molar-refractivity contribution in [2.75, 3.05) is 0 Å². The molecule has 0 radical (unpaired) electrons. The van der Waals surface area contributed by atoms with Crippen LogP contribution >= 0.6 is 0 Å². The van der Waals surface area contributed by atoms with Gasteiger partial charge in [0.2, 0.25) is 0 Å². The lowest BCUT2D eigenvalue weighted by Crippen LogP contribution is -2.34. The Balaban J connectivity index is 2.06. The maximum atomic E-state index is 12.0. The molecule has 3 heteroatoms. The maximum Gasteiger partial charge on any atom is 0.160 e. The maximum absolute atomic E-state index is 12.0. The van der Waals surface area contributed by atoms with Crippen LogP contribution in [-0.2, 0) is 9.59 Å². The Hall–Kier alpha value is -0.963. The molecule has 2 bridgehead atoms. The van der Waals surface area contributed by atoms with Gasteiger partial charge in [-0.2, -0.15) is 0 Å². The topological polar surface area (TPSA) is 34.1 Å². The Kier molecular flexibility index (Phi) is 2.15. The second-order valence-corrected chi connectivity index (χ2v) is 12.0. The summed E-state index contributed by atoms with van der Waals surface area (Å²) in [6.45, 7) is 7.05. The normalized spacial score (nSPS) is 43.4. The highest BCUT2D eigenvalue weighted by atomic mass is 28.3. The molecule has 3 unspecified atom stereocenters. The van der Waals surface area contributed by atoms with Gasteiger partial charge in [-0.15, -0.1) is 0 Å². The minimum absolute atomic E-state index is 0.0424. The average molecular weight is 246 g/mol. The summed E-state index contributed by atoms with van der Waals surface area (Å²) in [7, 11) is -1.33. The minimum atomic E-state index is -1.33. The van der Waals surface area contributed by atoms with E-state index in [1.165, 1.54) is 12.2 Å². The lowest BCUT2D eigenvalue weighted by atomic mass is 9.75. The highest BCUT2D eigenvalue weighted by Gasteiger charge is 2.59. The first-order chi connectivity index (χ1) is 7.91. The van der Waals surface area contributed by atoms with Crippen LogP contribution in [0.3, 0.4) is 0 Å². The lowest BCUT2D eigenvalue weighted by molar-refractivity contribution is -0.129. The summed E-state index contributed by atoms with van der Waals surface area (Å²) in [5.74, 6) is 0.930. The van der Waals surface area contributed by atoms with Crippen molar-refractivity contribution in [1.82, 2.24) is 0 Å². The molecule has 5 atom stereocenters. The van der Waals surface area contributed by atoms with Crippen molar-refractivity contribution in [3.63, 3.8) is 0 Å². The third-order valence-electron chi connectivity index (χ3n) is 4.67. The van der Waals surface area contributed by atoms with Gasteiger partial charge in [0.1, 0.15) is 0 Å². The molecule has 0 heterocycles. The van der Waals surface area contributed by atoms with Gasteiger partial charge in [0, 0.05) is 19.9 Å². The van der Waals surface area contributed by atoms with Crippen molar-refractivity contribution in [2.24, 2.45) is 23.7 Å². The number of ketones is 2. The van der Waals surface area contributed by atoms with Gasteiger partial charge in [0.15, 0.2) is 11.6 Å². The highest BCUT2D eigenvalue weighted by molar-refractivity contribution is 6.78. The highest BCUT2D eigenvalue weighted by Crippen LogP contribution is 2.60. The van der Waals surface area contributed by atoms with Crippen LogP contribution in [0.4, 0.5) is 0 Å². The summed E-state index contributed by atoms with van der Waals surface area (Å²) >= 11 is 0. The molecule has 90 valence electrons. The molecule has 0 N–H and O–H groups in total. The summed E-state index contributed by atoms with van der Waals surface area (Å²) < 4.78 is 0. The molecule has 0 aromatic rings. The second-order valence-electron chi connectivity index (χ2n) is 6.62. The average Bonchev–Trinajstić information content (AvgIpc) is 2.78. The fraction of sp³-hybridized carbons (Fsp3) is 0.571. The van der Waals surface area contributed by atoms with Crippen LogP contribution in [-0.4, -0.2) is 19.6 Å². The van der Waals surface area contributed by atoms with Crippen molar-refractivity contribution in [1.29, 1.82) is 0 Å². The SMILES string of the molecule is C[Si](C)(C)C1[C@@H]2C=C[C@H]1C1C(=O)C=CC(=O)C12. The predicted molar refractivity (Wildman–Crippen MR) is 69.4 cm³/mol. The van der Waals surface area contributed by atoms with E-state index in [1.54, 1.807) is 0 Å². The molecule has 0 aromatic carbocycles. The molecular formula is C14H18O2Si. The van der Waals surface area contributed by atoms with Gasteiger partial charge < -0.3 is 0 Å². The van der Waals surface area contributed by atoms with E-state index in [1.807, 2.05) is 0 Å². The van der Waals surface area contributed by atoms with Crippen molar-refractivity contribution in [3.8, 4) is 0 Å². The van der Waals surface area contributed by atoms with Crippen LogP contribution in [0.15, 0.2) is 24.3 Å². The molecule has 17 heavy (non-hydrogen) atoms. The predicted octanol–water partition coefficient (Wildman–Crippen LogP) is 2.45. The van der Waals surface area contributed by atoms with Gasteiger partial charge in [-0.05, 0) is 29.5 Å². The van der Waals surface area contributed by atoms with Gasteiger partial charge in [-0.1, -0.05) is 31.8 Å². The summed E-state index contributed by atoms with van der Waals surface area (Å²) in [4.78, 5) is 24.1. The van der Waals surface area contributed by atoms with Crippen LogP contribution in [0.25, 0.3) is 0 Å². The largest absolute Gasteiger partial charge is 0.294 e. The summed E-state index contributed by atoms with van der Waals surface area (Å²) in [6, 6.07) is 0. The Morgan fingerprint density at radius 1 is 0.882 bits per heavy atom. The number of fused-ring (bicyclic) bond motifs is 5. The van der Waals surface area contributed by atoms with E-state index >= 15 is 0 Å². The molecule has 1 saturated carbocycles. The van der Waals surface area contributed by atoms with Crippen molar-refractivity contribution in [3.05, 3.63) is 24.3 Å². The van der Waals surface area contributed by atoms with Crippen LogP contribution in [0.5, 0.6) is 0 Å². The van der Waals surface area contributed by atoms with Crippen LogP contribution < -0.4 is 0 Å². The summed E-state index contributed by atoms with van der Waals surface area (Å²) in [5.41, 5.74) is 0.574. The van der Waals surface area contributed by atoms with E-state index < -0.39 is 8.07 Å². The second kappa shape index (κ2) is 3.28. The molecule has 0 spiro atoms. The van der Waals surface area contributed by atoms with Gasteiger partial charge in [-0.3, -0.25) is 9.59 Å². The molecule has 3 rings (SSSR count). The Morgan fingerprint density at radius 2 is 1.29 bits per heavy atom. The number of carbonyl (C=O) groups excluding carboxylic acids is 2. The molecule has 2 nitrogen and oxygen atoms in total. The first kappa shape index (κ1) is 11.1. The van der Waals surface area contributed by atoms with E-state index in [-0.39, 0.29) is 23.4 Å². The molecule has 0 saturated heterocycles. The van der Waals surface area contributed by atoms with E-state index in [9.17, 15) is 9.59 Å². The van der Waals surface area contributed by atoms with Crippen molar-refractivity contribution < 1.29 is 9.59 Å². The zero-order valence-electron chi connectivity index (χ0n) is 10.5. The quantitative estimate of drug-likeness (QED) is 0.526. The van der Waals surface area contributed by atoms with E-state index in [0.717, 1.165) is 0 Å². The zero-order valence-corrected chi connectivity index (χ0v) is 11.5. The molecule has 3 aliphatic carbocycles. The molecular weight excluding hydrogens is 228 g/mol. The minimum Gasteiger partial charge on any atom is -0.294 e. The van der Waals surface area contributed by atoms with Crippen LogP contribution in [0.1, 0.15) is 0 Å². The Bertz CT molecular complexity index is 421. The van der Waals surface area contributed by atoms with Crippen molar-refractivity contribution >= 4 is 19.6 Å². The smallest absolute Gasteiger partial charge is 0.160 e. The first-order valence-corrected chi connectivity index (χ1v) is 9.93.